The molecule has 0 aromatic heterocycles. The third-order valence-electron chi connectivity index (χ3n) is 2.00. The Morgan fingerprint density at radius 1 is 1.28 bits per heavy atom. The number of amides is 1. The van der Waals surface area contributed by atoms with Crippen molar-refractivity contribution in [2.75, 3.05) is 0 Å². The minimum absolute atomic E-state index is 0.123. The van der Waals surface area contributed by atoms with Crippen LogP contribution in [0.3, 0.4) is 0 Å². The van der Waals surface area contributed by atoms with Gasteiger partial charge < -0.3 is 15.2 Å². The van der Waals surface area contributed by atoms with Crippen LogP contribution in [0.25, 0.3) is 0 Å². The van der Waals surface area contributed by atoms with Gasteiger partial charge in [0.25, 0.3) is 6.43 Å². The summed E-state index contributed by atoms with van der Waals surface area (Å²) in [6.07, 6.45) is -4.40. The summed E-state index contributed by atoms with van der Waals surface area (Å²) >= 11 is 0. The summed E-state index contributed by atoms with van der Waals surface area (Å²) in [5.74, 6) is -1.82. The van der Waals surface area contributed by atoms with Gasteiger partial charge in [-0.05, 0) is 5.56 Å². The molecule has 5 nitrogen and oxygen atoms in total. The fraction of sp³-hybridized carbons (Fsp3) is 0.273. The third-order valence-corrected chi connectivity index (χ3v) is 2.00. The molecule has 2 N–H and O–H groups in total. The molecule has 0 radical (unpaired) electrons. The standard InChI is InChI=1S/C11H11F2NO4/c12-9(13)8(10(15)16)14-11(17)18-6-7-4-2-1-3-5-7/h1-5,8-9H,6H2,(H,14,17)(H,15,16)/t8-/m0/s1. The van der Waals surface area contributed by atoms with Crippen molar-refractivity contribution < 1.29 is 28.2 Å². The normalized spacial score (nSPS) is 11.9. The summed E-state index contributed by atoms with van der Waals surface area (Å²) in [7, 11) is 0. The summed E-state index contributed by atoms with van der Waals surface area (Å²) in [6, 6.07) is 6.28. The molecule has 0 saturated carbocycles. The Balaban J connectivity index is 2.44. The molecule has 0 fully saturated rings. The number of aliphatic carboxylic acids is 1. The van der Waals surface area contributed by atoms with E-state index in [2.05, 4.69) is 4.74 Å². The average molecular weight is 259 g/mol. The molecule has 1 amide bonds. The van der Waals surface area contributed by atoms with E-state index in [1.807, 2.05) is 0 Å². The first-order valence-electron chi connectivity index (χ1n) is 4.99. The van der Waals surface area contributed by atoms with Gasteiger partial charge in [0.2, 0.25) is 0 Å². The SMILES string of the molecule is O=C(N[C@H](C(=O)O)C(F)F)OCc1ccccc1. The second kappa shape index (κ2) is 6.53. The maximum atomic E-state index is 12.2. The zero-order valence-corrected chi connectivity index (χ0v) is 9.18. The van der Waals surface area contributed by atoms with Gasteiger partial charge in [-0.15, -0.1) is 0 Å². The predicted molar refractivity (Wildman–Crippen MR) is 57.2 cm³/mol. The number of halogens is 2. The first kappa shape index (κ1) is 13.9. The number of alkyl halides is 2. The minimum Gasteiger partial charge on any atom is -0.480 e. The Labute approximate surface area is 101 Å². The Bertz CT molecular complexity index is 411. The second-order valence-corrected chi connectivity index (χ2v) is 3.36. The maximum absolute atomic E-state index is 12.2. The quantitative estimate of drug-likeness (QED) is 0.842. The highest BCUT2D eigenvalue weighted by atomic mass is 19.3. The molecule has 0 aliphatic heterocycles. The number of carbonyl (C=O) groups is 2. The molecule has 1 aromatic rings. The molecule has 0 heterocycles. The van der Waals surface area contributed by atoms with Gasteiger partial charge in [0.1, 0.15) is 6.61 Å². The first-order chi connectivity index (χ1) is 8.50. The molecule has 0 spiro atoms. The van der Waals surface area contributed by atoms with Crippen molar-refractivity contribution in [3.05, 3.63) is 35.9 Å². The van der Waals surface area contributed by atoms with E-state index in [1.165, 1.54) is 0 Å². The highest BCUT2D eigenvalue weighted by Gasteiger charge is 2.30. The van der Waals surface area contributed by atoms with Crippen LogP contribution in [-0.2, 0) is 16.1 Å². The molecule has 0 saturated heterocycles. The first-order valence-corrected chi connectivity index (χ1v) is 4.99. The molecule has 98 valence electrons. The Hall–Kier alpha value is -2.18. The van der Waals surface area contributed by atoms with Crippen LogP contribution in [0.1, 0.15) is 5.56 Å². The van der Waals surface area contributed by atoms with E-state index < -0.39 is 24.5 Å². The summed E-state index contributed by atoms with van der Waals surface area (Å²) < 4.78 is 29.1. The second-order valence-electron chi connectivity index (χ2n) is 3.36. The fourth-order valence-corrected chi connectivity index (χ4v) is 1.12. The largest absolute Gasteiger partial charge is 0.480 e. The topological polar surface area (TPSA) is 75.6 Å². The number of carboxylic acid groups (broad SMARTS) is 1. The van der Waals surface area contributed by atoms with Crippen molar-refractivity contribution in [1.29, 1.82) is 0 Å². The van der Waals surface area contributed by atoms with Crippen LogP contribution >= 0.6 is 0 Å². The smallest absolute Gasteiger partial charge is 0.408 e. The van der Waals surface area contributed by atoms with Crippen molar-refractivity contribution in [3.8, 4) is 0 Å². The van der Waals surface area contributed by atoms with Gasteiger partial charge >= 0.3 is 12.1 Å². The molecule has 0 bridgehead atoms. The lowest BCUT2D eigenvalue weighted by atomic mass is 10.2. The number of hydrogen-bond acceptors (Lipinski definition) is 3. The van der Waals surface area contributed by atoms with Gasteiger partial charge in [-0.25, -0.2) is 18.4 Å². The van der Waals surface area contributed by atoms with E-state index in [1.54, 1.807) is 35.6 Å². The number of benzene rings is 1. The van der Waals surface area contributed by atoms with Gasteiger partial charge in [-0.1, -0.05) is 30.3 Å². The Morgan fingerprint density at radius 2 is 1.89 bits per heavy atom. The molecule has 0 aliphatic carbocycles. The highest BCUT2D eigenvalue weighted by molar-refractivity contribution is 5.80. The maximum Gasteiger partial charge on any atom is 0.408 e. The van der Waals surface area contributed by atoms with Crippen LogP contribution in [-0.4, -0.2) is 29.6 Å². The van der Waals surface area contributed by atoms with Crippen molar-refractivity contribution in [2.24, 2.45) is 0 Å². The number of hydrogen-bond donors (Lipinski definition) is 2. The fourth-order valence-electron chi connectivity index (χ4n) is 1.12. The van der Waals surface area contributed by atoms with E-state index in [-0.39, 0.29) is 6.61 Å². The Kier molecular flexibility index (Phi) is 5.04. The molecule has 1 atom stereocenters. The summed E-state index contributed by atoms with van der Waals surface area (Å²) in [4.78, 5) is 21.5. The summed E-state index contributed by atoms with van der Waals surface area (Å²) in [5.41, 5.74) is 0.663. The van der Waals surface area contributed by atoms with Gasteiger partial charge in [-0.3, -0.25) is 0 Å². The molecular weight excluding hydrogens is 248 g/mol. The molecule has 1 aromatic carbocycles. The number of alkyl carbamates (subject to hydrolysis) is 1. The highest BCUT2D eigenvalue weighted by Crippen LogP contribution is 2.03. The van der Waals surface area contributed by atoms with Crippen LogP contribution in [0.2, 0.25) is 0 Å². The van der Waals surface area contributed by atoms with Crippen molar-refractivity contribution in [3.63, 3.8) is 0 Å². The monoisotopic (exact) mass is 259 g/mol. The molecule has 7 heteroatoms. The zero-order chi connectivity index (χ0) is 13.5. The number of carbonyl (C=O) groups excluding carboxylic acids is 1. The van der Waals surface area contributed by atoms with E-state index in [4.69, 9.17) is 5.11 Å². The van der Waals surface area contributed by atoms with Crippen molar-refractivity contribution in [2.45, 2.75) is 19.1 Å². The van der Waals surface area contributed by atoms with Crippen LogP contribution in [0, 0.1) is 0 Å². The number of carboxylic acids is 1. The minimum atomic E-state index is -3.20. The number of nitrogens with one attached hydrogen (secondary N) is 1. The molecule has 0 unspecified atom stereocenters. The summed E-state index contributed by atoms with van der Waals surface area (Å²) in [5, 5.41) is 10.0. The summed E-state index contributed by atoms with van der Waals surface area (Å²) in [6.45, 7) is -0.123. The van der Waals surface area contributed by atoms with Gasteiger partial charge in [0.05, 0.1) is 0 Å². The lowest BCUT2D eigenvalue weighted by Gasteiger charge is -2.13. The van der Waals surface area contributed by atoms with Crippen molar-refractivity contribution in [1.82, 2.24) is 5.32 Å². The third kappa shape index (κ3) is 4.36. The van der Waals surface area contributed by atoms with Crippen LogP contribution < -0.4 is 5.32 Å². The van der Waals surface area contributed by atoms with E-state index in [9.17, 15) is 18.4 Å². The molecule has 1 rings (SSSR count). The van der Waals surface area contributed by atoms with Crippen LogP contribution in [0.15, 0.2) is 30.3 Å². The lowest BCUT2D eigenvalue weighted by molar-refractivity contribution is -0.143. The molecule has 0 aliphatic rings. The number of ether oxygens (including phenoxy) is 1. The average Bonchev–Trinajstić information content (AvgIpc) is 2.34. The van der Waals surface area contributed by atoms with E-state index >= 15 is 0 Å². The van der Waals surface area contributed by atoms with Crippen LogP contribution in [0.4, 0.5) is 13.6 Å². The molecular formula is C11H11F2NO4. The van der Waals surface area contributed by atoms with Crippen molar-refractivity contribution >= 4 is 12.1 Å². The zero-order valence-electron chi connectivity index (χ0n) is 9.18. The van der Waals surface area contributed by atoms with Crippen LogP contribution in [0.5, 0.6) is 0 Å². The van der Waals surface area contributed by atoms with Gasteiger partial charge in [-0.2, -0.15) is 0 Å². The van der Waals surface area contributed by atoms with Gasteiger partial charge in [0.15, 0.2) is 6.04 Å². The van der Waals surface area contributed by atoms with Gasteiger partial charge in [0, 0.05) is 0 Å². The molecule has 18 heavy (non-hydrogen) atoms. The van der Waals surface area contributed by atoms with E-state index in [0.717, 1.165) is 0 Å². The number of rotatable bonds is 5. The predicted octanol–water partition coefficient (Wildman–Crippen LogP) is 1.63. The van der Waals surface area contributed by atoms with E-state index in [0.29, 0.717) is 5.56 Å². The Morgan fingerprint density at radius 3 is 2.39 bits per heavy atom. The lowest BCUT2D eigenvalue weighted by Crippen LogP contribution is -2.45.